The van der Waals surface area contributed by atoms with Gasteiger partial charge in [0.15, 0.2) is 0 Å². The third-order valence-electron chi connectivity index (χ3n) is 20.7. The van der Waals surface area contributed by atoms with Crippen LogP contribution in [0.2, 0.25) is 65.4 Å². The van der Waals surface area contributed by atoms with Gasteiger partial charge in [0, 0.05) is 0 Å². The molecule has 12 heterocycles. The molecule has 1 spiro atoms. The molecular weight excluding hydrogens is 522 g/mol. The average Bonchev–Trinajstić information content (AvgIpc) is 3.77. The summed E-state index contributed by atoms with van der Waals surface area (Å²) in [6.07, 6.45) is 9.85. The van der Waals surface area contributed by atoms with Crippen molar-refractivity contribution in [3.63, 3.8) is 0 Å². The monoisotopic (exact) mass is 560 g/mol. The van der Waals surface area contributed by atoms with Crippen molar-refractivity contribution >= 4 is 26.6 Å². The van der Waals surface area contributed by atoms with E-state index < -0.39 is 14.6 Å². The summed E-state index contributed by atoms with van der Waals surface area (Å²) in [5, 5.41) is -0.0499. The first-order valence-corrected chi connectivity index (χ1v) is 24.7. The van der Waals surface area contributed by atoms with E-state index in [0.717, 1.165) is 3.94 Å². The van der Waals surface area contributed by atoms with Gasteiger partial charge in [0.05, 0.1) is 0 Å². The Bertz CT molecular complexity index is 1840. The zero-order chi connectivity index (χ0) is 24.2. The SMILES string of the molecule is CC(C)(C)[C]12[C]3(C(P)(c4cccnc4)c4cccnc4)[C]4(CP)[CH]5[C]1([Si](C)(C)C)[Fe]54321678[CH]2[CH]1[CH]6[CH]7[CH]28. The van der Waals surface area contributed by atoms with Crippen LogP contribution in [-0.4, -0.2) is 24.2 Å². The minimum atomic E-state index is -4.24. The van der Waals surface area contributed by atoms with E-state index in [2.05, 4.69) is 95.6 Å². The Morgan fingerprint density at radius 3 is 1.69 bits per heavy atom. The second-order valence-electron chi connectivity index (χ2n) is 18.0. The van der Waals surface area contributed by atoms with Crippen molar-refractivity contribution in [2.24, 2.45) is 5.41 Å². The van der Waals surface area contributed by atoms with Gasteiger partial charge < -0.3 is 0 Å². The van der Waals surface area contributed by atoms with Crippen LogP contribution in [0.4, 0.5) is 0 Å². The molecule has 10 saturated heterocycles. The number of fused-ring (bicyclic) bond motifs is 10. The van der Waals surface area contributed by atoms with E-state index in [-0.39, 0.29) is 5.16 Å². The molecule has 2 aromatic heterocycles. The van der Waals surface area contributed by atoms with Gasteiger partial charge in [0.1, 0.15) is 0 Å². The fourth-order valence-electron chi connectivity index (χ4n) is 25.8. The predicted molar refractivity (Wildman–Crippen MR) is 150 cm³/mol. The van der Waals surface area contributed by atoms with Crippen molar-refractivity contribution in [3.05, 3.63) is 60.2 Å². The molecule has 12 rings (SSSR count). The normalized spacial score (nSPS) is 71.8. The van der Waals surface area contributed by atoms with Crippen LogP contribution >= 0.6 is 18.5 Å². The first kappa shape index (κ1) is 19.0. The zero-order valence-electron chi connectivity index (χ0n) is 21.7. The third kappa shape index (κ3) is 0.352. The van der Waals surface area contributed by atoms with Crippen molar-refractivity contribution in [3.8, 4) is 0 Å². The van der Waals surface area contributed by atoms with E-state index in [4.69, 9.17) is 9.97 Å². The number of aromatic nitrogens is 2. The van der Waals surface area contributed by atoms with Crippen LogP contribution in [0.1, 0.15) is 31.9 Å². The summed E-state index contributed by atoms with van der Waals surface area (Å²) >= 11 is 0. The molecule has 0 saturated carbocycles. The van der Waals surface area contributed by atoms with Gasteiger partial charge in [-0.1, -0.05) is 0 Å². The van der Waals surface area contributed by atoms with Crippen molar-refractivity contribution in [1.29, 1.82) is 0 Å². The standard InChI is InChI=1S/C24H33N2P2Si.C5H5.Fe/c1-23(2,3)22-20(29(4,5)6)13-17(16-27)21(22)24(28,18-9-7-11-25-14-18)19-10-8-12-26-15-19;1-2-4-5-3-1;/h7-15H,16,27-28H2,1-6H3;1-5H;. The molecule has 10 fully saturated rings. The summed E-state index contributed by atoms with van der Waals surface area (Å²) in [5.41, 5.74) is 3.32. The fraction of sp³-hybridized carbons (Fsp3) is 0.655. The van der Waals surface area contributed by atoms with E-state index in [1.165, 1.54) is 46.2 Å². The molecule has 7 unspecified atom stereocenters. The Hall–Kier alpha value is -0.104. The van der Waals surface area contributed by atoms with Crippen LogP contribution in [0.3, 0.4) is 0 Å². The van der Waals surface area contributed by atoms with Crippen molar-refractivity contribution in [1.82, 2.24) is 9.97 Å². The van der Waals surface area contributed by atoms with Crippen LogP contribution < -0.4 is 0 Å². The van der Waals surface area contributed by atoms with Gasteiger partial charge in [0.2, 0.25) is 0 Å². The van der Waals surface area contributed by atoms with Gasteiger partial charge in [-0.15, -0.1) is 0 Å². The second kappa shape index (κ2) is 2.47. The zero-order valence-corrected chi connectivity index (χ0v) is 26.1. The van der Waals surface area contributed by atoms with Crippen LogP contribution in [0.15, 0.2) is 49.1 Å². The molecule has 10 aliphatic heterocycles. The predicted octanol–water partition coefficient (Wildman–Crippen LogP) is 8.26. The van der Waals surface area contributed by atoms with Crippen LogP contribution in [0, 0.1) is 5.41 Å². The van der Waals surface area contributed by atoms with Crippen LogP contribution in [0.25, 0.3) is 0 Å². The van der Waals surface area contributed by atoms with Gasteiger partial charge >= 0.3 is 206 Å². The third-order valence-corrected chi connectivity index (χ3v) is 77.1. The van der Waals surface area contributed by atoms with E-state index in [1.54, 1.807) is 0 Å². The Morgan fingerprint density at radius 1 is 0.886 bits per heavy atom. The van der Waals surface area contributed by atoms with Crippen molar-refractivity contribution in [2.45, 2.75) is 91.3 Å². The Kier molecular flexibility index (Phi) is 1.34. The molecule has 35 heavy (non-hydrogen) atoms. The maximum atomic E-state index is 4.78. The molecule has 0 radical (unpaired) electrons. The first-order chi connectivity index (χ1) is 16.2. The number of rotatable bonds is 5. The number of hydrogen-bond donors (Lipinski definition) is 0. The molecule has 6 heteroatoms. The van der Waals surface area contributed by atoms with Gasteiger partial charge in [-0.2, -0.15) is 0 Å². The first-order valence-electron chi connectivity index (χ1n) is 13.7. The maximum absolute atomic E-state index is 4.78. The molecule has 2 aromatic rings. The Labute approximate surface area is 205 Å². The molecule has 0 aliphatic carbocycles. The number of nitrogens with zero attached hydrogens (tertiary/aromatic N) is 2. The Balaban J connectivity index is 1.37. The van der Waals surface area contributed by atoms with E-state index in [9.17, 15) is 0 Å². The molecule has 7 atom stereocenters. The van der Waals surface area contributed by atoms with Gasteiger partial charge in [-0.3, -0.25) is 0 Å². The molecular formula is C29H38FeN2P2Si. The average molecular weight is 561 g/mol. The quantitative estimate of drug-likeness (QED) is 0.272. The van der Waals surface area contributed by atoms with Gasteiger partial charge in [0.25, 0.3) is 0 Å². The fourth-order valence-corrected chi connectivity index (χ4v) is 144. The van der Waals surface area contributed by atoms with Crippen molar-refractivity contribution in [2.75, 3.05) is 6.16 Å². The molecule has 0 aromatic carbocycles. The van der Waals surface area contributed by atoms with Gasteiger partial charge in [-0.25, -0.2) is 0 Å². The molecule has 186 valence electrons. The molecule has 0 amide bonds. The van der Waals surface area contributed by atoms with Gasteiger partial charge in [-0.05, 0) is 0 Å². The second-order valence-corrected chi connectivity index (χ2v) is 47.7. The van der Waals surface area contributed by atoms with Crippen LogP contribution in [0.5, 0.6) is 0 Å². The summed E-state index contributed by atoms with van der Waals surface area (Å²) in [6, 6.07) is 9.29. The summed E-state index contributed by atoms with van der Waals surface area (Å²) < 4.78 is 2.64. The number of pyridine rings is 2. The summed E-state index contributed by atoms with van der Waals surface area (Å²) in [7, 11) is 5.67. The minimum absolute atomic E-state index is 0.0499. The van der Waals surface area contributed by atoms with E-state index in [1.807, 2.05) is 12.4 Å². The van der Waals surface area contributed by atoms with E-state index >= 15 is 0 Å². The molecule has 10 aliphatic rings. The summed E-state index contributed by atoms with van der Waals surface area (Å²) in [6.45, 7) is 12.5. The topological polar surface area (TPSA) is 25.8 Å². The Morgan fingerprint density at radius 2 is 1.37 bits per heavy atom. The molecule has 0 N–H and O–H groups in total. The van der Waals surface area contributed by atoms with Crippen LogP contribution in [-0.2, 0) is 11.7 Å². The molecule has 0 bridgehead atoms. The van der Waals surface area contributed by atoms with E-state index in [0.29, 0.717) is 18.4 Å². The summed E-state index contributed by atoms with van der Waals surface area (Å²) in [4.78, 5) is 16.8. The summed E-state index contributed by atoms with van der Waals surface area (Å²) in [5.74, 6) is 0. The number of hydrogen-bond acceptors (Lipinski definition) is 2. The van der Waals surface area contributed by atoms with Crippen molar-refractivity contribution < 1.29 is 6.51 Å². The molecule has 2 nitrogen and oxygen atoms in total.